The van der Waals surface area contributed by atoms with Crippen LogP contribution in [0.5, 0.6) is 0 Å². The number of amides is 2. The first-order chi connectivity index (χ1) is 18.2. The van der Waals surface area contributed by atoms with Crippen LogP contribution >= 0.6 is 0 Å². The van der Waals surface area contributed by atoms with E-state index in [-0.39, 0.29) is 11.8 Å². The van der Waals surface area contributed by atoms with Crippen LogP contribution in [0.3, 0.4) is 0 Å². The fraction of sp³-hybridized carbons (Fsp3) is 0.941. The van der Waals surface area contributed by atoms with Crippen molar-refractivity contribution in [3.63, 3.8) is 0 Å². The van der Waals surface area contributed by atoms with Crippen molar-refractivity contribution >= 4 is 11.8 Å². The summed E-state index contributed by atoms with van der Waals surface area (Å²) in [5, 5.41) is 0. The first kappa shape index (κ1) is 36.1. The summed E-state index contributed by atoms with van der Waals surface area (Å²) in [4.78, 5) is 26.6. The standard InChI is InChI=1S/C34H67NO2/c1-4-7-9-11-13-15-17-19-21-23-25-27-29-31-33(36)35(6-3)34(37)32-30-28-26-24-22-20-18-16-14-12-10-8-5-2/h4-32H2,1-3H3. The van der Waals surface area contributed by atoms with E-state index in [1.54, 1.807) is 0 Å². The van der Waals surface area contributed by atoms with Crippen molar-refractivity contribution in [2.75, 3.05) is 6.54 Å². The van der Waals surface area contributed by atoms with Crippen molar-refractivity contribution in [2.24, 2.45) is 0 Å². The minimum absolute atomic E-state index is 0.0465. The predicted octanol–water partition coefficient (Wildman–Crippen LogP) is 11.3. The number of nitrogens with zero attached hydrogens (tertiary/aromatic N) is 1. The van der Waals surface area contributed by atoms with E-state index >= 15 is 0 Å². The molecule has 0 aromatic rings. The largest absolute Gasteiger partial charge is 0.283 e. The maximum Gasteiger partial charge on any atom is 0.229 e. The first-order valence-corrected chi connectivity index (χ1v) is 17.0. The smallest absolute Gasteiger partial charge is 0.229 e. The van der Waals surface area contributed by atoms with Gasteiger partial charge < -0.3 is 0 Å². The molecule has 2 amide bonds. The number of hydrogen-bond donors (Lipinski definition) is 0. The summed E-state index contributed by atoms with van der Waals surface area (Å²) in [6.45, 7) is 7.01. The molecule has 0 aliphatic rings. The zero-order chi connectivity index (χ0) is 27.2. The van der Waals surface area contributed by atoms with Crippen LogP contribution in [-0.4, -0.2) is 23.3 Å². The Kier molecular flexibility index (Phi) is 29.0. The normalized spacial score (nSPS) is 11.2. The monoisotopic (exact) mass is 522 g/mol. The van der Waals surface area contributed by atoms with E-state index in [4.69, 9.17) is 0 Å². The van der Waals surface area contributed by atoms with Gasteiger partial charge in [-0.1, -0.05) is 168 Å². The molecule has 0 spiro atoms. The van der Waals surface area contributed by atoms with Crippen LogP contribution in [0.15, 0.2) is 0 Å². The third-order valence-corrected chi connectivity index (χ3v) is 7.91. The van der Waals surface area contributed by atoms with Crippen molar-refractivity contribution < 1.29 is 9.59 Å². The van der Waals surface area contributed by atoms with E-state index in [0.717, 1.165) is 25.7 Å². The molecule has 0 saturated carbocycles. The van der Waals surface area contributed by atoms with Gasteiger partial charge in [0.1, 0.15) is 0 Å². The second kappa shape index (κ2) is 29.7. The van der Waals surface area contributed by atoms with Gasteiger partial charge in [0.25, 0.3) is 0 Å². The van der Waals surface area contributed by atoms with Crippen LogP contribution in [-0.2, 0) is 9.59 Å². The van der Waals surface area contributed by atoms with E-state index in [1.807, 2.05) is 6.92 Å². The second-order valence-corrected chi connectivity index (χ2v) is 11.5. The number of imide groups is 1. The molecule has 0 unspecified atom stereocenters. The summed E-state index contributed by atoms with van der Waals surface area (Å²) in [6, 6.07) is 0. The summed E-state index contributed by atoms with van der Waals surface area (Å²) in [5.74, 6) is 0.0931. The summed E-state index contributed by atoms with van der Waals surface area (Å²) in [5.41, 5.74) is 0. The fourth-order valence-corrected chi connectivity index (χ4v) is 5.35. The molecule has 220 valence electrons. The number of unbranched alkanes of at least 4 members (excludes halogenated alkanes) is 24. The Morgan fingerprint density at radius 3 is 0.784 bits per heavy atom. The van der Waals surface area contributed by atoms with Crippen molar-refractivity contribution in [3.05, 3.63) is 0 Å². The lowest BCUT2D eigenvalue weighted by atomic mass is 10.0. The number of carbonyl (C=O) groups is 2. The first-order valence-electron chi connectivity index (χ1n) is 17.0. The number of hydrogen-bond acceptors (Lipinski definition) is 2. The van der Waals surface area contributed by atoms with Crippen molar-refractivity contribution in [1.82, 2.24) is 4.90 Å². The molecule has 0 fully saturated rings. The van der Waals surface area contributed by atoms with Gasteiger partial charge in [-0.25, -0.2) is 0 Å². The van der Waals surface area contributed by atoms with Crippen LogP contribution in [0.1, 0.15) is 201 Å². The van der Waals surface area contributed by atoms with E-state index in [2.05, 4.69) is 13.8 Å². The van der Waals surface area contributed by atoms with E-state index in [0.29, 0.717) is 19.4 Å². The Hall–Kier alpha value is -0.860. The van der Waals surface area contributed by atoms with Gasteiger partial charge in [-0.15, -0.1) is 0 Å². The SMILES string of the molecule is CCCCCCCCCCCCCCCC(=O)N(CC)C(=O)CCCCCCCCCCCCCCC. The highest BCUT2D eigenvalue weighted by Crippen LogP contribution is 2.15. The van der Waals surface area contributed by atoms with Gasteiger partial charge in [-0.05, 0) is 19.8 Å². The average molecular weight is 522 g/mol. The molecule has 0 rings (SSSR count). The highest BCUT2D eigenvalue weighted by molar-refractivity contribution is 5.95. The summed E-state index contributed by atoms with van der Waals surface area (Å²) < 4.78 is 0. The third-order valence-electron chi connectivity index (χ3n) is 7.91. The fourth-order valence-electron chi connectivity index (χ4n) is 5.35. The Labute approximate surface area is 233 Å². The van der Waals surface area contributed by atoms with Crippen LogP contribution in [0.25, 0.3) is 0 Å². The van der Waals surface area contributed by atoms with Crippen LogP contribution < -0.4 is 0 Å². The lowest BCUT2D eigenvalue weighted by Gasteiger charge is -2.19. The van der Waals surface area contributed by atoms with Gasteiger partial charge in [0.2, 0.25) is 11.8 Å². The highest BCUT2D eigenvalue weighted by atomic mass is 16.2. The summed E-state index contributed by atoms with van der Waals surface area (Å²) >= 11 is 0. The third kappa shape index (κ3) is 25.2. The lowest BCUT2D eigenvalue weighted by molar-refractivity contribution is -0.144. The van der Waals surface area contributed by atoms with E-state index < -0.39 is 0 Å². The van der Waals surface area contributed by atoms with Gasteiger partial charge in [0.05, 0.1) is 0 Å². The Morgan fingerprint density at radius 1 is 0.351 bits per heavy atom. The van der Waals surface area contributed by atoms with Gasteiger partial charge in [0, 0.05) is 19.4 Å². The number of rotatable bonds is 29. The predicted molar refractivity (Wildman–Crippen MR) is 163 cm³/mol. The van der Waals surface area contributed by atoms with Crippen molar-refractivity contribution in [3.8, 4) is 0 Å². The van der Waals surface area contributed by atoms with Crippen molar-refractivity contribution in [1.29, 1.82) is 0 Å². The minimum atomic E-state index is 0.0465. The molecule has 0 N–H and O–H groups in total. The zero-order valence-electron chi connectivity index (χ0n) is 25.8. The molecule has 3 nitrogen and oxygen atoms in total. The van der Waals surface area contributed by atoms with Crippen LogP contribution in [0, 0.1) is 0 Å². The van der Waals surface area contributed by atoms with E-state index in [1.165, 1.54) is 146 Å². The molecular weight excluding hydrogens is 454 g/mol. The van der Waals surface area contributed by atoms with Gasteiger partial charge >= 0.3 is 0 Å². The highest BCUT2D eigenvalue weighted by Gasteiger charge is 2.18. The van der Waals surface area contributed by atoms with E-state index in [9.17, 15) is 9.59 Å². The topological polar surface area (TPSA) is 37.4 Å². The molecule has 0 atom stereocenters. The molecule has 0 aromatic heterocycles. The van der Waals surface area contributed by atoms with Crippen molar-refractivity contribution in [2.45, 2.75) is 201 Å². The van der Waals surface area contributed by atoms with Crippen LogP contribution in [0.4, 0.5) is 0 Å². The molecule has 0 aromatic carbocycles. The zero-order valence-corrected chi connectivity index (χ0v) is 25.8. The maximum atomic E-state index is 12.6. The Morgan fingerprint density at radius 2 is 0.568 bits per heavy atom. The molecule has 0 heterocycles. The summed E-state index contributed by atoms with van der Waals surface area (Å²) in [6.07, 6.45) is 35.1. The van der Waals surface area contributed by atoms with Crippen LogP contribution in [0.2, 0.25) is 0 Å². The maximum absolute atomic E-state index is 12.6. The molecule has 0 bridgehead atoms. The number of carbonyl (C=O) groups excluding carboxylic acids is 2. The lowest BCUT2D eigenvalue weighted by Crippen LogP contribution is -2.36. The summed E-state index contributed by atoms with van der Waals surface area (Å²) in [7, 11) is 0. The molecule has 0 aliphatic carbocycles. The molecule has 37 heavy (non-hydrogen) atoms. The Balaban J connectivity index is 3.57. The molecule has 0 aliphatic heterocycles. The molecule has 0 saturated heterocycles. The quantitative estimate of drug-likeness (QED) is 0.0918. The minimum Gasteiger partial charge on any atom is -0.283 e. The van der Waals surface area contributed by atoms with Gasteiger partial charge in [-0.2, -0.15) is 0 Å². The molecule has 0 radical (unpaired) electrons. The molecule has 3 heteroatoms. The molecular formula is C34H67NO2. The average Bonchev–Trinajstić information content (AvgIpc) is 2.90. The van der Waals surface area contributed by atoms with Gasteiger partial charge in [0.15, 0.2) is 0 Å². The second-order valence-electron chi connectivity index (χ2n) is 11.5. The Bertz CT molecular complexity index is 448. The van der Waals surface area contributed by atoms with Gasteiger partial charge in [-0.3, -0.25) is 14.5 Å².